The van der Waals surface area contributed by atoms with Crippen LogP contribution < -0.4 is 11.2 Å². The summed E-state index contributed by atoms with van der Waals surface area (Å²) in [5, 5.41) is 11.8. The smallest absolute Gasteiger partial charge is 0.431 e. The summed E-state index contributed by atoms with van der Waals surface area (Å²) in [4.78, 5) is 24.3. The van der Waals surface area contributed by atoms with Crippen LogP contribution in [0.2, 0.25) is 5.02 Å². The second-order valence-corrected chi connectivity index (χ2v) is 5.22. The number of oxime groups is 1. The molecule has 0 aliphatic carbocycles. The zero-order chi connectivity index (χ0) is 18.9. The Morgan fingerprint density at radius 1 is 1.28 bits per heavy atom. The highest BCUT2D eigenvalue weighted by molar-refractivity contribution is 6.33. The van der Waals surface area contributed by atoms with Gasteiger partial charge in [-0.3, -0.25) is 9.36 Å². The Labute approximate surface area is 143 Å². The fourth-order valence-corrected chi connectivity index (χ4v) is 2.35. The average molecular weight is 378 g/mol. The SMILES string of the molecule is COC(=NO)c1cc(-n2c(=O)cc(C(F)(F)F)n(C)c2=O)ccc1Cl. The van der Waals surface area contributed by atoms with E-state index in [9.17, 15) is 22.8 Å². The summed E-state index contributed by atoms with van der Waals surface area (Å²) in [7, 11) is 2.09. The number of ether oxygens (including phenoxy) is 1. The van der Waals surface area contributed by atoms with Crippen LogP contribution in [0.5, 0.6) is 0 Å². The Morgan fingerprint density at radius 3 is 2.44 bits per heavy atom. The molecule has 1 aromatic carbocycles. The fourth-order valence-electron chi connectivity index (χ4n) is 2.16. The average Bonchev–Trinajstić information content (AvgIpc) is 2.53. The van der Waals surface area contributed by atoms with E-state index in [1.54, 1.807) is 0 Å². The molecule has 0 bridgehead atoms. The summed E-state index contributed by atoms with van der Waals surface area (Å²) < 4.78 is 44.3. The maximum atomic E-state index is 12.9. The molecule has 1 N–H and O–H groups in total. The second-order valence-electron chi connectivity index (χ2n) is 4.82. The van der Waals surface area contributed by atoms with Gasteiger partial charge in [-0.1, -0.05) is 11.6 Å². The third-order valence-electron chi connectivity index (χ3n) is 3.33. The number of nitrogens with zero attached hydrogens (tertiary/aromatic N) is 3. The predicted octanol–water partition coefficient (Wildman–Crippen LogP) is 1.99. The Bertz CT molecular complexity index is 963. The summed E-state index contributed by atoms with van der Waals surface area (Å²) in [6, 6.07) is 4.02. The third-order valence-corrected chi connectivity index (χ3v) is 3.66. The molecule has 0 saturated carbocycles. The van der Waals surface area contributed by atoms with Crippen LogP contribution in [0.15, 0.2) is 39.0 Å². The van der Waals surface area contributed by atoms with Crippen molar-refractivity contribution in [1.82, 2.24) is 9.13 Å². The van der Waals surface area contributed by atoms with Gasteiger partial charge in [-0.15, -0.1) is 0 Å². The van der Waals surface area contributed by atoms with E-state index >= 15 is 0 Å². The van der Waals surface area contributed by atoms with Crippen molar-refractivity contribution in [1.29, 1.82) is 0 Å². The van der Waals surface area contributed by atoms with E-state index in [1.165, 1.54) is 25.3 Å². The highest BCUT2D eigenvalue weighted by Crippen LogP contribution is 2.27. The van der Waals surface area contributed by atoms with Gasteiger partial charge in [0.15, 0.2) is 0 Å². The van der Waals surface area contributed by atoms with Crippen LogP contribution in [0.3, 0.4) is 0 Å². The minimum Gasteiger partial charge on any atom is -0.478 e. The topological polar surface area (TPSA) is 85.8 Å². The molecule has 2 aromatic rings. The molecule has 1 aromatic heterocycles. The van der Waals surface area contributed by atoms with Gasteiger partial charge in [0.25, 0.3) is 11.5 Å². The summed E-state index contributed by atoms with van der Waals surface area (Å²) in [5.74, 6) is -0.302. The van der Waals surface area contributed by atoms with Gasteiger partial charge in [0.1, 0.15) is 5.69 Å². The standard InChI is InChI=1S/C14H11ClF3N3O4/c1-20-10(14(16,17)18)6-11(22)21(13(20)23)7-3-4-9(15)8(5-7)12(19-24)25-2/h3-6,24H,1-2H3. The molecule has 134 valence electrons. The van der Waals surface area contributed by atoms with Crippen LogP contribution in [0.4, 0.5) is 13.2 Å². The summed E-state index contributed by atoms with van der Waals surface area (Å²) in [6.45, 7) is 0. The molecule has 2 rings (SSSR count). The molecule has 0 spiro atoms. The van der Waals surface area contributed by atoms with Gasteiger partial charge in [0.05, 0.1) is 23.4 Å². The van der Waals surface area contributed by atoms with Gasteiger partial charge >= 0.3 is 11.9 Å². The Kier molecular flexibility index (Phi) is 4.93. The number of hydrogen-bond acceptors (Lipinski definition) is 5. The number of methoxy groups -OCH3 is 1. The molecule has 0 unspecified atom stereocenters. The molecular weight excluding hydrogens is 367 g/mol. The normalized spacial score (nSPS) is 12.3. The molecular formula is C14H11ClF3N3O4. The first-order valence-corrected chi connectivity index (χ1v) is 6.96. The van der Waals surface area contributed by atoms with Crippen molar-refractivity contribution in [2.24, 2.45) is 12.2 Å². The third kappa shape index (κ3) is 3.38. The number of aromatic nitrogens is 2. The van der Waals surface area contributed by atoms with Crippen molar-refractivity contribution < 1.29 is 23.1 Å². The molecule has 25 heavy (non-hydrogen) atoms. The van der Waals surface area contributed by atoms with E-state index in [0.29, 0.717) is 15.2 Å². The minimum atomic E-state index is -4.86. The number of benzene rings is 1. The fraction of sp³-hybridized carbons (Fsp3) is 0.214. The quantitative estimate of drug-likeness (QED) is 0.375. The van der Waals surface area contributed by atoms with Gasteiger partial charge in [-0.2, -0.15) is 13.2 Å². The van der Waals surface area contributed by atoms with E-state index in [4.69, 9.17) is 21.5 Å². The van der Waals surface area contributed by atoms with E-state index in [2.05, 4.69) is 5.16 Å². The van der Waals surface area contributed by atoms with Gasteiger partial charge in [0.2, 0.25) is 0 Å². The summed E-state index contributed by atoms with van der Waals surface area (Å²) >= 11 is 5.94. The van der Waals surface area contributed by atoms with Crippen molar-refractivity contribution in [2.45, 2.75) is 6.18 Å². The first-order valence-electron chi connectivity index (χ1n) is 6.58. The largest absolute Gasteiger partial charge is 0.478 e. The molecule has 0 fully saturated rings. The minimum absolute atomic E-state index is 0.0398. The van der Waals surface area contributed by atoms with E-state index < -0.39 is 23.1 Å². The number of hydrogen-bond donors (Lipinski definition) is 1. The van der Waals surface area contributed by atoms with Gasteiger partial charge in [0, 0.05) is 13.1 Å². The number of alkyl halides is 3. The van der Waals surface area contributed by atoms with Crippen LogP contribution in [0.1, 0.15) is 11.3 Å². The molecule has 0 amide bonds. The van der Waals surface area contributed by atoms with Gasteiger partial charge in [-0.05, 0) is 23.4 Å². The molecule has 0 radical (unpaired) electrons. The maximum Gasteiger partial charge on any atom is 0.431 e. The van der Waals surface area contributed by atoms with Crippen LogP contribution in [0, 0.1) is 0 Å². The van der Waals surface area contributed by atoms with Crippen molar-refractivity contribution in [3.8, 4) is 5.69 Å². The lowest BCUT2D eigenvalue weighted by Crippen LogP contribution is -2.40. The molecule has 11 heteroatoms. The van der Waals surface area contributed by atoms with Crippen molar-refractivity contribution in [2.75, 3.05) is 7.11 Å². The highest BCUT2D eigenvalue weighted by Gasteiger charge is 2.35. The van der Waals surface area contributed by atoms with Crippen molar-refractivity contribution >= 4 is 17.5 Å². The second kappa shape index (κ2) is 6.63. The van der Waals surface area contributed by atoms with E-state index in [0.717, 1.165) is 7.05 Å². The van der Waals surface area contributed by atoms with E-state index in [-0.39, 0.29) is 22.2 Å². The predicted molar refractivity (Wildman–Crippen MR) is 82.6 cm³/mol. The summed E-state index contributed by atoms with van der Waals surface area (Å²) in [5.41, 5.74) is -3.78. The van der Waals surface area contributed by atoms with Gasteiger partial charge < -0.3 is 9.94 Å². The molecule has 7 nitrogen and oxygen atoms in total. The molecule has 0 saturated heterocycles. The monoisotopic (exact) mass is 377 g/mol. The van der Waals surface area contributed by atoms with Crippen molar-refractivity contribution in [3.05, 3.63) is 61.4 Å². The first-order chi connectivity index (χ1) is 11.6. The Hall–Kier alpha value is -2.75. The lowest BCUT2D eigenvalue weighted by Gasteiger charge is -2.14. The summed E-state index contributed by atoms with van der Waals surface area (Å²) in [6.07, 6.45) is -4.86. The van der Waals surface area contributed by atoms with Crippen LogP contribution >= 0.6 is 11.6 Å². The molecule has 1 heterocycles. The maximum absolute atomic E-state index is 12.9. The first kappa shape index (κ1) is 18.6. The lowest BCUT2D eigenvalue weighted by atomic mass is 10.2. The lowest BCUT2D eigenvalue weighted by molar-refractivity contribution is -0.144. The number of rotatable bonds is 2. The number of halogens is 4. The van der Waals surface area contributed by atoms with Gasteiger partial charge in [-0.25, -0.2) is 9.36 Å². The highest BCUT2D eigenvalue weighted by atomic mass is 35.5. The molecule has 0 aliphatic heterocycles. The molecule has 0 aliphatic rings. The zero-order valence-corrected chi connectivity index (χ0v) is 13.6. The van der Waals surface area contributed by atoms with Crippen LogP contribution in [0.25, 0.3) is 5.69 Å². The van der Waals surface area contributed by atoms with Crippen molar-refractivity contribution in [3.63, 3.8) is 0 Å². The Balaban J connectivity index is 2.77. The zero-order valence-electron chi connectivity index (χ0n) is 12.8. The van der Waals surface area contributed by atoms with Crippen LogP contribution in [-0.2, 0) is 18.0 Å². The Morgan fingerprint density at radius 2 is 1.92 bits per heavy atom. The molecule has 0 atom stereocenters. The van der Waals surface area contributed by atoms with E-state index in [1.807, 2.05) is 0 Å². The van der Waals surface area contributed by atoms with Crippen LogP contribution in [-0.4, -0.2) is 27.3 Å².